The number of halogens is 1. The van der Waals surface area contributed by atoms with Crippen LogP contribution in [0, 0.1) is 5.82 Å². The minimum Gasteiger partial charge on any atom is -0.497 e. The minimum absolute atomic E-state index is 0.138. The van der Waals surface area contributed by atoms with Crippen LogP contribution in [0.1, 0.15) is 17.4 Å². The topological polar surface area (TPSA) is 60.5 Å². The number of anilines is 2. The molecule has 5 nitrogen and oxygen atoms in total. The third-order valence-electron chi connectivity index (χ3n) is 2.46. The van der Waals surface area contributed by atoms with Gasteiger partial charge in [0.05, 0.1) is 24.9 Å². The number of nitrogens with zero attached hydrogens (tertiary/aromatic N) is 1. The average molecular weight is 296 g/mol. The number of esters is 1. The van der Waals surface area contributed by atoms with Crippen molar-refractivity contribution < 1.29 is 18.7 Å². The molecule has 0 radical (unpaired) electrons. The van der Waals surface area contributed by atoms with Crippen molar-refractivity contribution in [1.29, 1.82) is 0 Å². The number of aromatic nitrogens is 1. The smallest absolute Gasteiger partial charge is 0.360 e. The van der Waals surface area contributed by atoms with Crippen LogP contribution in [0.4, 0.5) is 15.1 Å². The third kappa shape index (κ3) is 3.05. The molecule has 2 aromatic rings. The Balaban J connectivity index is 2.26. The summed E-state index contributed by atoms with van der Waals surface area (Å²) in [6.07, 6.45) is 0. The van der Waals surface area contributed by atoms with Gasteiger partial charge in [-0.15, -0.1) is 11.3 Å². The van der Waals surface area contributed by atoms with Gasteiger partial charge in [0.1, 0.15) is 16.6 Å². The lowest BCUT2D eigenvalue weighted by Gasteiger charge is -2.08. The van der Waals surface area contributed by atoms with Crippen LogP contribution >= 0.6 is 11.3 Å². The number of hydrogen-bond acceptors (Lipinski definition) is 6. The van der Waals surface area contributed by atoms with Crippen LogP contribution in [0.5, 0.6) is 5.75 Å². The van der Waals surface area contributed by atoms with Gasteiger partial charge in [-0.2, -0.15) is 0 Å². The monoisotopic (exact) mass is 296 g/mol. The van der Waals surface area contributed by atoms with E-state index >= 15 is 0 Å². The number of carbonyl (C=O) groups excluding carboxylic acids is 1. The Morgan fingerprint density at radius 1 is 1.50 bits per heavy atom. The maximum absolute atomic E-state index is 13.7. The summed E-state index contributed by atoms with van der Waals surface area (Å²) in [4.78, 5) is 15.6. The number of methoxy groups -OCH3 is 1. The molecule has 1 N–H and O–H groups in total. The number of thiazole rings is 1. The molecule has 0 saturated carbocycles. The molecule has 0 unspecified atom stereocenters. The molecule has 0 atom stereocenters. The molecule has 20 heavy (non-hydrogen) atoms. The van der Waals surface area contributed by atoms with Crippen LogP contribution in [0.25, 0.3) is 0 Å². The fourth-order valence-corrected chi connectivity index (χ4v) is 2.21. The first-order valence-electron chi connectivity index (χ1n) is 5.87. The van der Waals surface area contributed by atoms with Gasteiger partial charge in [-0.3, -0.25) is 0 Å². The predicted octanol–water partition coefficient (Wildman–Crippen LogP) is 3.21. The Hall–Kier alpha value is -2.15. The summed E-state index contributed by atoms with van der Waals surface area (Å²) >= 11 is 1.19. The van der Waals surface area contributed by atoms with Gasteiger partial charge in [-0.25, -0.2) is 14.2 Å². The van der Waals surface area contributed by atoms with Crippen LogP contribution in [-0.2, 0) is 4.74 Å². The molecule has 0 spiro atoms. The SMILES string of the molecule is CCOC(=O)c1ncsc1Nc1cc(OC)ccc1F. The fourth-order valence-electron chi connectivity index (χ4n) is 1.53. The van der Waals surface area contributed by atoms with Crippen molar-refractivity contribution in [2.45, 2.75) is 6.92 Å². The highest BCUT2D eigenvalue weighted by Gasteiger charge is 2.17. The lowest BCUT2D eigenvalue weighted by Crippen LogP contribution is -2.07. The predicted molar refractivity (Wildman–Crippen MR) is 74.3 cm³/mol. The summed E-state index contributed by atoms with van der Waals surface area (Å²) in [6, 6.07) is 4.30. The first-order chi connectivity index (χ1) is 9.65. The summed E-state index contributed by atoms with van der Waals surface area (Å²) in [6.45, 7) is 1.96. The molecule has 0 bridgehead atoms. The Bertz CT molecular complexity index is 615. The van der Waals surface area contributed by atoms with Gasteiger partial charge >= 0.3 is 5.97 Å². The highest BCUT2D eigenvalue weighted by molar-refractivity contribution is 7.14. The Kier molecular flexibility index (Phi) is 4.52. The van der Waals surface area contributed by atoms with Crippen molar-refractivity contribution in [1.82, 2.24) is 4.98 Å². The zero-order valence-electron chi connectivity index (χ0n) is 11.0. The van der Waals surface area contributed by atoms with E-state index in [0.717, 1.165) is 0 Å². The molecule has 1 aromatic carbocycles. The van der Waals surface area contributed by atoms with Gasteiger partial charge in [0, 0.05) is 6.07 Å². The zero-order chi connectivity index (χ0) is 14.5. The van der Waals surface area contributed by atoms with Gasteiger partial charge < -0.3 is 14.8 Å². The number of rotatable bonds is 5. The summed E-state index contributed by atoms with van der Waals surface area (Å²) in [5.41, 5.74) is 1.84. The second-order valence-electron chi connectivity index (χ2n) is 3.72. The molecule has 0 aliphatic carbocycles. The van der Waals surface area contributed by atoms with Gasteiger partial charge in [0.15, 0.2) is 5.69 Å². The molecule has 7 heteroatoms. The molecule has 1 aromatic heterocycles. The van der Waals surface area contributed by atoms with E-state index in [1.54, 1.807) is 6.92 Å². The van der Waals surface area contributed by atoms with Crippen LogP contribution in [0.2, 0.25) is 0 Å². The lowest BCUT2D eigenvalue weighted by atomic mass is 10.3. The van der Waals surface area contributed by atoms with Gasteiger partial charge in [-0.05, 0) is 19.1 Å². The second kappa shape index (κ2) is 6.33. The van der Waals surface area contributed by atoms with Gasteiger partial charge in [-0.1, -0.05) is 0 Å². The third-order valence-corrected chi connectivity index (χ3v) is 3.20. The lowest BCUT2D eigenvalue weighted by molar-refractivity contribution is 0.0521. The standard InChI is InChI=1S/C13H13FN2O3S/c1-3-19-13(17)11-12(20-7-15-11)16-10-6-8(18-2)4-5-9(10)14/h4-7,16H,3H2,1-2H3. The van der Waals surface area contributed by atoms with Crippen LogP contribution in [-0.4, -0.2) is 24.7 Å². The van der Waals surface area contributed by atoms with E-state index in [0.29, 0.717) is 10.8 Å². The van der Waals surface area contributed by atoms with Crippen molar-refractivity contribution in [3.8, 4) is 5.75 Å². The van der Waals surface area contributed by atoms with Crippen LogP contribution in [0.3, 0.4) is 0 Å². The summed E-state index contributed by atoms with van der Waals surface area (Å²) in [7, 11) is 1.49. The van der Waals surface area contributed by atoms with Crippen molar-refractivity contribution >= 4 is 28.0 Å². The highest BCUT2D eigenvalue weighted by Crippen LogP contribution is 2.29. The summed E-state index contributed by atoms with van der Waals surface area (Å²) in [5.74, 6) is -0.482. The van der Waals surface area contributed by atoms with Crippen molar-refractivity contribution in [2.75, 3.05) is 19.0 Å². The molecule has 106 valence electrons. The van der Waals surface area contributed by atoms with Crippen molar-refractivity contribution in [3.63, 3.8) is 0 Å². The first-order valence-corrected chi connectivity index (χ1v) is 6.74. The van der Waals surface area contributed by atoms with Crippen LogP contribution in [0.15, 0.2) is 23.7 Å². The maximum Gasteiger partial charge on any atom is 0.360 e. The number of carbonyl (C=O) groups is 1. The molecule has 0 fully saturated rings. The quantitative estimate of drug-likeness (QED) is 0.858. The van der Waals surface area contributed by atoms with Crippen molar-refractivity contribution in [3.05, 3.63) is 35.2 Å². The molecule has 0 amide bonds. The summed E-state index contributed by atoms with van der Waals surface area (Å²) < 4.78 is 23.7. The zero-order valence-corrected chi connectivity index (χ0v) is 11.8. The van der Waals surface area contributed by atoms with Crippen LogP contribution < -0.4 is 10.1 Å². The Morgan fingerprint density at radius 2 is 2.30 bits per heavy atom. The molecule has 0 saturated heterocycles. The van der Waals surface area contributed by atoms with Gasteiger partial charge in [0.25, 0.3) is 0 Å². The number of hydrogen-bond donors (Lipinski definition) is 1. The van der Waals surface area contributed by atoms with E-state index in [2.05, 4.69) is 10.3 Å². The van der Waals surface area contributed by atoms with E-state index in [9.17, 15) is 9.18 Å². The Labute approximate surface area is 119 Å². The van der Waals surface area contributed by atoms with E-state index in [4.69, 9.17) is 9.47 Å². The molecular weight excluding hydrogens is 283 g/mol. The molecule has 0 aliphatic rings. The number of ether oxygens (including phenoxy) is 2. The van der Waals surface area contributed by atoms with Crippen molar-refractivity contribution in [2.24, 2.45) is 0 Å². The molecular formula is C13H13FN2O3S. The average Bonchev–Trinajstić information content (AvgIpc) is 2.90. The summed E-state index contributed by atoms with van der Waals surface area (Å²) in [5, 5.41) is 3.26. The maximum atomic E-state index is 13.7. The van der Waals surface area contributed by atoms with Gasteiger partial charge in [0.2, 0.25) is 0 Å². The molecule has 1 heterocycles. The van der Waals surface area contributed by atoms with E-state index in [1.807, 2.05) is 0 Å². The highest BCUT2D eigenvalue weighted by atomic mass is 32.1. The van der Waals surface area contributed by atoms with E-state index in [-0.39, 0.29) is 18.0 Å². The largest absolute Gasteiger partial charge is 0.497 e. The number of nitrogens with one attached hydrogen (secondary N) is 1. The van der Waals surface area contributed by atoms with E-state index < -0.39 is 11.8 Å². The first kappa shape index (κ1) is 14.3. The Morgan fingerprint density at radius 3 is 3.00 bits per heavy atom. The second-order valence-corrected chi connectivity index (χ2v) is 4.58. The minimum atomic E-state index is -0.542. The fraction of sp³-hybridized carbons (Fsp3) is 0.231. The number of benzene rings is 1. The van der Waals surface area contributed by atoms with E-state index in [1.165, 1.54) is 42.2 Å². The molecule has 0 aliphatic heterocycles. The normalized spacial score (nSPS) is 10.2. The molecule has 2 rings (SSSR count).